The number of rotatable bonds is 5. The summed E-state index contributed by atoms with van der Waals surface area (Å²) in [5.74, 6) is 0.691. The first kappa shape index (κ1) is 19.3. The summed E-state index contributed by atoms with van der Waals surface area (Å²) in [5, 5.41) is 0. The lowest BCUT2D eigenvalue weighted by molar-refractivity contribution is 0.335. The maximum Gasteiger partial charge on any atom is -0.0237 e. The van der Waals surface area contributed by atoms with Crippen LogP contribution in [0.5, 0.6) is 0 Å². The minimum absolute atomic E-state index is 0. The highest BCUT2D eigenvalue weighted by Gasteiger charge is 2.18. The molecule has 1 atom stereocenters. The van der Waals surface area contributed by atoms with E-state index in [1.165, 1.54) is 24.8 Å². The molecule has 0 amide bonds. The van der Waals surface area contributed by atoms with Crippen molar-refractivity contribution in [2.75, 3.05) is 0 Å². The third-order valence-electron chi connectivity index (χ3n) is 2.97. The fourth-order valence-corrected chi connectivity index (χ4v) is 1.20. The van der Waals surface area contributed by atoms with Crippen molar-refractivity contribution in [3.05, 3.63) is 12.2 Å². The topological polar surface area (TPSA) is 0 Å². The third kappa shape index (κ3) is 7.17. The molecule has 0 N–H and O–H groups in total. The molecule has 14 heavy (non-hydrogen) atoms. The largest absolute Gasteiger partial charge is 0.0996 e. The summed E-state index contributed by atoms with van der Waals surface area (Å²) in [6.45, 7) is 15.6. The van der Waals surface area contributed by atoms with E-state index in [4.69, 9.17) is 0 Å². The van der Waals surface area contributed by atoms with Gasteiger partial charge in [0.2, 0.25) is 0 Å². The molecular formula is C14H32. The van der Waals surface area contributed by atoms with Crippen LogP contribution >= 0.6 is 0 Å². The van der Waals surface area contributed by atoms with Crippen molar-refractivity contribution in [2.45, 2.75) is 68.7 Å². The molecular weight excluding hydrogens is 168 g/mol. The van der Waals surface area contributed by atoms with Gasteiger partial charge in [0.15, 0.2) is 0 Å². The Hall–Kier alpha value is -0.260. The van der Waals surface area contributed by atoms with E-state index < -0.39 is 0 Å². The second kappa shape index (κ2) is 8.08. The number of allylic oxidation sites excluding steroid dienone is 1. The molecule has 0 bridgehead atoms. The Morgan fingerprint density at radius 2 is 1.64 bits per heavy atom. The summed E-state index contributed by atoms with van der Waals surface area (Å²) in [5.41, 5.74) is 1.87. The summed E-state index contributed by atoms with van der Waals surface area (Å²) in [7, 11) is 0. The molecule has 0 aliphatic heterocycles. The molecule has 0 aromatic heterocycles. The van der Waals surface area contributed by atoms with E-state index in [1.54, 1.807) is 0 Å². The van der Waals surface area contributed by atoms with Crippen molar-refractivity contribution in [1.29, 1.82) is 0 Å². The van der Waals surface area contributed by atoms with Crippen LogP contribution in [0.4, 0.5) is 0 Å². The molecule has 0 heteroatoms. The summed E-state index contributed by atoms with van der Waals surface area (Å²) < 4.78 is 0. The quantitative estimate of drug-likeness (QED) is 0.500. The van der Waals surface area contributed by atoms with Crippen LogP contribution in [0.3, 0.4) is 0 Å². The van der Waals surface area contributed by atoms with Crippen LogP contribution in [0.1, 0.15) is 68.7 Å². The minimum atomic E-state index is 0. The summed E-state index contributed by atoms with van der Waals surface area (Å²) in [6.07, 6.45) is 3.64. The average Bonchev–Trinajstić information content (AvgIpc) is 2.02. The van der Waals surface area contributed by atoms with Crippen LogP contribution in [0.25, 0.3) is 0 Å². The maximum absolute atomic E-state index is 4.16. The molecule has 0 rings (SSSR count). The second-order valence-corrected chi connectivity index (χ2v) is 4.66. The van der Waals surface area contributed by atoms with Crippen molar-refractivity contribution in [2.24, 2.45) is 11.3 Å². The van der Waals surface area contributed by atoms with Gasteiger partial charge in [0.1, 0.15) is 0 Å². The SMILES string of the molecule is C.C.C=C(CC(C)(C)CC)C(C)CC. The number of hydrogen-bond acceptors (Lipinski definition) is 0. The van der Waals surface area contributed by atoms with Gasteiger partial charge < -0.3 is 0 Å². The van der Waals surface area contributed by atoms with E-state index in [0.29, 0.717) is 11.3 Å². The molecule has 0 aromatic carbocycles. The van der Waals surface area contributed by atoms with Crippen molar-refractivity contribution in [3.8, 4) is 0 Å². The third-order valence-corrected chi connectivity index (χ3v) is 2.97. The predicted molar refractivity (Wildman–Crippen MR) is 70.7 cm³/mol. The van der Waals surface area contributed by atoms with E-state index in [2.05, 4.69) is 41.2 Å². The van der Waals surface area contributed by atoms with Gasteiger partial charge in [0.25, 0.3) is 0 Å². The van der Waals surface area contributed by atoms with Gasteiger partial charge in [-0.1, -0.05) is 68.0 Å². The monoisotopic (exact) mass is 200 g/mol. The van der Waals surface area contributed by atoms with E-state index in [9.17, 15) is 0 Å². The van der Waals surface area contributed by atoms with Crippen LogP contribution in [0.15, 0.2) is 12.2 Å². The molecule has 0 heterocycles. The van der Waals surface area contributed by atoms with Crippen LogP contribution in [-0.4, -0.2) is 0 Å². The Kier molecular flexibility index (Phi) is 11.2. The van der Waals surface area contributed by atoms with Crippen LogP contribution < -0.4 is 0 Å². The van der Waals surface area contributed by atoms with Crippen molar-refractivity contribution in [1.82, 2.24) is 0 Å². The molecule has 0 saturated carbocycles. The zero-order valence-electron chi connectivity index (χ0n) is 9.41. The molecule has 0 nitrogen and oxygen atoms in total. The second-order valence-electron chi connectivity index (χ2n) is 4.66. The van der Waals surface area contributed by atoms with Crippen LogP contribution in [-0.2, 0) is 0 Å². The van der Waals surface area contributed by atoms with Gasteiger partial charge in [-0.15, -0.1) is 0 Å². The van der Waals surface area contributed by atoms with Gasteiger partial charge in [0.05, 0.1) is 0 Å². The Labute approximate surface area is 92.8 Å². The maximum atomic E-state index is 4.16. The highest BCUT2D eigenvalue weighted by atomic mass is 14.2. The zero-order valence-corrected chi connectivity index (χ0v) is 9.41. The fourth-order valence-electron chi connectivity index (χ4n) is 1.20. The summed E-state index contributed by atoms with van der Waals surface area (Å²) in [4.78, 5) is 0. The zero-order chi connectivity index (χ0) is 9.78. The van der Waals surface area contributed by atoms with Gasteiger partial charge in [-0.25, -0.2) is 0 Å². The van der Waals surface area contributed by atoms with Crippen molar-refractivity contribution in [3.63, 3.8) is 0 Å². The van der Waals surface area contributed by atoms with Gasteiger partial charge in [0, 0.05) is 0 Å². The van der Waals surface area contributed by atoms with E-state index >= 15 is 0 Å². The Morgan fingerprint density at radius 1 is 1.21 bits per heavy atom. The van der Waals surface area contributed by atoms with Gasteiger partial charge >= 0.3 is 0 Å². The lowest BCUT2D eigenvalue weighted by Gasteiger charge is -2.26. The Balaban J connectivity index is -0.000000605. The lowest BCUT2D eigenvalue weighted by atomic mass is 9.80. The lowest BCUT2D eigenvalue weighted by Crippen LogP contribution is -2.13. The standard InChI is InChI=1S/C12H24.2CH4/c1-7-10(3)11(4)9-12(5,6)8-2;;/h10H,4,7-9H2,1-3,5-6H3;2*1H4. The average molecular weight is 200 g/mol. The van der Waals surface area contributed by atoms with Crippen LogP contribution in [0.2, 0.25) is 0 Å². The molecule has 0 radical (unpaired) electrons. The highest BCUT2D eigenvalue weighted by Crippen LogP contribution is 2.31. The highest BCUT2D eigenvalue weighted by molar-refractivity contribution is 5.01. The molecule has 0 spiro atoms. The van der Waals surface area contributed by atoms with Crippen molar-refractivity contribution >= 4 is 0 Å². The summed E-state index contributed by atoms with van der Waals surface area (Å²) >= 11 is 0. The first-order valence-corrected chi connectivity index (χ1v) is 5.10. The van der Waals surface area contributed by atoms with Crippen molar-refractivity contribution < 1.29 is 0 Å². The number of hydrogen-bond donors (Lipinski definition) is 0. The molecule has 0 aromatic rings. The van der Waals surface area contributed by atoms with E-state index in [-0.39, 0.29) is 14.9 Å². The predicted octanol–water partition coefficient (Wildman–Crippen LogP) is 5.69. The van der Waals surface area contributed by atoms with Gasteiger partial charge in [-0.3, -0.25) is 0 Å². The minimum Gasteiger partial charge on any atom is -0.0996 e. The van der Waals surface area contributed by atoms with Crippen LogP contribution in [0, 0.1) is 11.3 Å². The summed E-state index contributed by atoms with van der Waals surface area (Å²) in [6, 6.07) is 0. The van der Waals surface area contributed by atoms with Gasteiger partial charge in [-0.05, 0) is 24.2 Å². The molecule has 0 aliphatic carbocycles. The fraction of sp³-hybridized carbons (Fsp3) is 0.857. The normalized spacial score (nSPS) is 12.4. The molecule has 1 unspecified atom stereocenters. The Bertz CT molecular complexity index is 142. The van der Waals surface area contributed by atoms with Gasteiger partial charge in [-0.2, -0.15) is 0 Å². The Morgan fingerprint density at radius 3 is 1.93 bits per heavy atom. The van der Waals surface area contributed by atoms with E-state index in [1.807, 2.05) is 0 Å². The smallest absolute Gasteiger partial charge is 0.0237 e. The first-order valence-electron chi connectivity index (χ1n) is 5.10. The molecule has 88 valence electrons. The van der Waals surface area contributed by atoms with E-state index in [0.717, 1.165) is 0 Å². The molecule has 0 fully saturated rings. The molecule has 0 aliphatic rings. The molecule has 0 saturated heterocycles. The first-order chi connectivity index (χ1) is 5.43.